The van der Waals surface area contributed by atoms with Gasteiger partial charge in [0.15, 0.2) is 0 Å². The van der Waals surface area contributed by atoms with E-state index in [0.29, 0.717) is 35.5 Å². The van der Waals surface area contributed by atoms with E-state index in [1.54, 1.807) is 6.07 Å². The zero-order chi connectivity index (χ0) is 33.1. The number of benzene rings is 1. The topological polar surface area (TPSA) is 224 Å². The first-order valence-electron chi connectivity index (χ1n) is 14.7. The van der Waals surface area contributed by atoms with Crippen molar-refractivity contribution in [2.45, 2.75) is 82.5 Å². The molecule has 15 nitrogen and oxygen atoms in total. The number of hydrogen-bond donors (Lipinski definition) is 8. The summed E-state index contributed by atoms with van der Waals surface area (Å²) in [6.45, 7) is 4.81. The molecule has 46 heavy (non-hydrogen) atoms. The summed E-state index contributed by atoms with van der Waals surface area (Å²) in [6, 6.07) is 5.10. The molecule has 1 aliphatic heterocycles. The molecule has 0 unspecified atom stereocenters. The van der Waals surface area contributed by atoms with Gasteiger partial charge in [0.2, 0.25) is 11.7 Å². The number of fused-ring (bicyclic) bond motifs is 4. The van der Waals surface area contributed by atoms with Gasteiger partial charge in [0, 0.05) is 17.8 Å². The monoisotopic (exact) mass is 640 g/mol. The van der Waals surface area contributed by atoms with E-state index in [0.717, 1.165) is 30.2 Å². The number of rotatable bonds is 6. The summed E-state index contributed by atoms with van der Waals surface area (Å²) in [7, 11) is 0. The van der Waals surface area contributed by atoms with Gasteiger partial charge in [-0.1, -0.05) is 25.0 Å². The number of imidazole rings is 1. The maximum Gasteiger partial charge on any atom is 0.377 e. The van der Waals surface area contributed by atoms with E-state index in [-0.39, 0.29) is 50.7 Å². The van der Waals surface area contributed by atoms with Gasteiger partial charge in [-0.15, -0.1) is 5.10 Å². The fourth-order valence-electron chi connectivity index (χ4n) is 6.81. The van der Waals surface area contributed by atoms with Crippen LogP contribution in [0.1, 0.15) is 63.6 Å². The highest BCUT2D eigenvalue weighted by atomic mass is 19.1. The highest BCUT2D eigenvalue weighted by Crippen LogP contribution is 2.46. The Morgan fingerprint density at radius 3 is 2.43 bits per heavy atom. The molecular formula is C30H33FN6O9. The average Bonchev–Trinajstić information content (AvgIpc) is 3.76. The highest BCUT2D eigenvalue weighted by Gasteiger charge is 2.47. The number of nitrogens with zero attached hydrogens (tertiary/aromatic N) is 5. The summed E-state index contributed by atoms with van der Waals surface area (Å²) in [5.41, 5.74) is 1.07. The number of hydrogen-bond acceptors (Lipinski definition) is 11. The Morgan fingerprint density at radius 2 is 1.78 bits per heavy atom. The largest absolute Gasteiger partial charge is 0.377 e. The van der Waals surface area contributed by atoms with E-state index in [2.05, 4.69) is 15.1 Å². The fraction of sp³-hybridized carbons (Fsp3) is 0.433. The second-order valence-electron chi connectivity index (χ2n) is 12.7. The van der Waals surface area contributed by atoms with Gasteiger partial charge in [-0.05, 0) is 56.4 Å². The molecule has 0 spiro atoms. The lowest BCUT2D eigenvalue weighted by atomic mass is 9.91. The number of aliphatic hydroxyl groups is 7. The van der Waals surface area contributed by atoms with Crippen LogP contribution in [0.5, 0.6) is 0 Å². The third kappa shape index (κ3) is 4.37. The van der Waals surface area contributed by atoms with Gasteiger partial charge in [0.1, 0.15) is 5.65 Å². The van der Waals surface area contributed by atoms with Crippen molar-refractivity contribution in [3.8, 4) is 22.4 Å². The summed E-state index contributed by atoms with van der Waals surface area (Å²) in [6.07, 6.45) is 1.33. The van der Waals surface area contributed by atoms with Crippen molar-refractivity contribution in [1.29, 1.82) is 0 Å². The molecule has 1 fully saturated rings. The zero-order valence-electron chi connectivity index (χ0n) is 25.1. The Labute approximate surface area is 259 Å². The van der Waals surface area contributed by atoms with Crippen LogP contribution in [0.2, 0.25) is 0 Å². The molecular weight excluding hydrogens is 607 g/mol. The molecule has 1 saturated carbocycles. The third-order valence-electron chi connectivity index (χ3n) is 9.17. The van der Waals surface area contributed by atoms with Gasteiger partial charge < -0.3 is 45.5 Å². The lowest BCUT2D eigenvalue weighted by Crippen LogP contribution is -2.54. The van der Waals surface area contributed by atoms with Crippen molar-refractivity contribution in [2.75, 3.05) is 0 Å². The van der Waals surface area contributed by atoms with E-state index >= 15 is 4.39 Å². The zero-order valence-corrected chi connectivity index (χ0v) is 25.1. The second kappa shape index (κ2) is 9.76. The number of halogens is 1. The quantitative estimate of drug-likeness (QED) is 0.123. The Kier molecular flexibility index (Phi) is 6.50. The molecule has 7 rings (SSSR count). The maximum atomic E-state index is 15.7. The van der Waals surface area contributed by atoms with Crippen LogP contribution < -0.4 is 5.69 Å². The summed E-state index contributed by atoms with van der Waals surface area (Å²) in [4.78, 5) is 21.2. The van der Waals surface area contributed by atoms with Gasteiger partial charge in [0.05, 0.1) is 46.1 Å². The smallest absolute Gasteiger partial charge is 0.366 e. The number of aromatic amines is 1. The first kappa shape index (κ1) is 30.6. The minimum atomic E-state index is -3.57. The molecule has 2 aliphatic rings. The van der Waals surface area contributed by atoms with Crippen molar-refractivity contribution in [3.05, 3.63) is 58.2 Å². The van der Waals surface area contributed by atoms with Crippen LogP contribution in [-0.2, 0) is 29.0 Å². The van der Waals surface area contributed by atoms with Gasteiger partial charge in [-0.25, -0.2) is 19.0 Å². The number of pyridine rings is 1. The van der Waals surface area contributed by atoms with E-state index < -0.39 is 35.0 Å². The van der Waals surface area contributed by atoms with Crippen LogP contribution in [0, 0.1) is 5.95 Å². The van der Waals surface area contributed by atoms with Crippen LogP contribution in [0.25, 0.3) is 44.5 Å². The molecule has 16 heteroatoms. The van der Waals surface area contributed by atoms with Crippen LogP contribution in [-0.4, -0.2) is 70.4 Å². The molecule has 4 aromatic heterocycles. The Morgan fingerprint density at radius 1 is 1.09 bits per heavy atom. The summed E-state index contributed by atoms with van der Waals surface area (Å²) >= 11 is 0. The normalized spacial score (nSPS) is 17.5. The molecule has 1 aliphatic carbocycles. The van der Waals surface area contributed by atoms with Crippen LogP contribution in [0.15, 0.2) is 35.4 Å². The molecule has 1 aromatic carbocycles. The first-order valence-corrected chi connectivity index (χ1v) is 14.7. The van der Waals surface area contributed by atoms with Gasteiger partial charge in [0.25, 0.3) is 0 Å². The molecule has 5 heterocycles. The maximum absolute atomic E-state index is 15.7. The van der Waals surface area contributed by atoms with Crippen LogP contribution in [0.4, 0.5) is 4.39 Å². The molecule has 0 saturated heterocycles. The van der Waals surface area contributed by atoms with Gasteiger partial charge in [-0.2, -0.15) is 4.39 Å². The molecule has 0 bridgehead atoms. The standard InChI is InChI=1S/C30H33FN6O9/c1-27(2)18-9-8-14(10-15(18)13-46-27)20-21-23-19(37(30(43,44)45)26(38)36(23)16-6-4-5-7-16)11-32-25(21)33-22(20)17-12-35(34-24(17)31)29(41,42)28(3,39)40/h8-12,16,39-45H,4-7,13H2,1-3H3,(H,32,33). The molecule has 0 radical (unpaired) electrons. The van der Waals surface area contributed by atoms with E-state index in [9.17, 15) is 40.5 Å². The number of aromatic nitrogens is 6. The summed E-state index contributed by atoms with van der Waals surface area (Å²) in [5.74, 6) is -7.79. The summed E-state index contributed by atoms with van der Waals surface area (Å²) < 4.78 is 23.7. The van der Waals surface area contributed by atoms with E-state index in [1.807, 2.05) is 26.0 Å². The second-order valence-corrected chi connectivity index (χ2v) is 12.7. The molecule has 0 atom stereocenters. The predicted molar refractivity (Wildman–Crippen MR) is 158 cm³/mol. The van der Waals surface area contributed by atoms with Gasteiger partial charge in [-0.3, -0.25) is 4.57 Å². The van der Waals surface area contributed by atoms with Crippen molar-refractivity contribution < 1.29 is 44.9 Å². The van der Waals surface area contributed by atoms with E-state index in [1.165, 1.54) is 10.8 Å². The highest BCUT2D eigenvalue weighted by molar-refractivity contribution is 6.14. The van der Waals surface area contributed by atoms with Crippen molar-refractivity contribution in [1.82, 2.24) is 28.9 Å². The molecule has 0 amide bonds. The van der Waals surface area contributed by atoms with Crippen molar-refractivity contribution >= 4 is 22.1 Å². The lowest BCUT2D eigenvalue weighted by molar-refractivity contribution is -0.397. The molecule has 8 N–H and O–H groups in total. The lowest BCUT2D eigenvalue weighted by Gasteiger charge is -2.31. The number of H-pyrrole nitrogens is 1. The Hall–Kier alpha value is -4.00. The van der Waals surface area contributed by atoms with Crippen molar-refractivity contribution in [2.24, 2.45) is 0 Å². The fourth-order valence-corrected chi connectivity index (χ4v) is 6.81. The Bertz CT molecular complexity index is 2090. The SMILES string of the molecule is CC1(C)OCc2cc(-c3c(-c4cn(C(O)(O)C(C)(O)O)nc4F)[nH]c4ncc5c(c34)n(C3CCCC3)c(=O)n5C(O)(O)O)ccc21. The van der Waals surface area contributed by atoms with Gasteiger partial charge >= 0.3 is 17.7 Å². The third-order valence-corrected chi connectivity index (χ3v) is 9.17. The number of nitrogens with one attached hydrogen (secondary N) is 1. The Balaban J connectivity index is 1.61. The predicted octanol–water partition coefficient (Wildman–Crippen LogP) is 1.07. The van der Waals surface area contributed by atoms with Crippen LogP contribution >= 0.6 is 0 Å². The van der Waals surface area contributed by atoms with Crippen LogP contribution in [0.3, 0.4) is 0 Å². The number of ether oxygens (including phenoxy) is 1. The van der Waals surface area contributed by atoms with Crippen molar-refractivity contribution in [3.63, 3.8) is 0 Å². The average molecular weight is 641 g/mol. The minimum absolute atomic E-state index is 0.0340. The van der Waals surface area contributed by atoms with E-state index in [4.69, 9.17) is 4.74 Å². The molecule has 244 valence electrons. The molecule has 5 aromatic rings. The first-order chi connectivity index (χ1) is 21.4. The minimum Gasteiger partial charge on any atom is -0.366 e. The summed E-state index contributed by atoms with van der Waals surface area (Å²) in [5, 5.41) is 75.3.